The fourth-order valence-corrected chi connectivity index (χ4v) is 7.41. The van der Waals surface area contributed by atoms with Gasteiger partial charge in [-0.25, -0.2) is 8.42 Å². The zero-order valence-corrected chi connectivity index (χ0v) is 22.9. The molecule has 0 aliphatic carbocycles. The van der Waals surface area contributed by atoms with Crippen LogP contribution in [0.3, 0.4) is 0 Å². The van der Waals surface area contributed by atoms with Crippen molar-refractivity contribution >= 4 is 33.2 Å². The zero-order valence-electron chi connectivity index (χ0n) is 22.0. The number of pyridine rings is 1. The van der Waals surface area contributed by atoms with Gasteiger partial charge in [-0.15, -0.1) is 0 Å². The molecule has 2 aromatic carbocycles. The highest BCUT2D eigenvalue weighted by Gasteiger charge is 2.34. The molecule has 2 aliphatic rings. The van der Waals surface area contributed by atoms with Gasteiger partial charge in [-0.3, -0.25) is 9.88 Å². The predicted molar refractivity (Wildman–Crippen MR) is 153 cm³/mol. The monoisotopic (exact) mass is 526 g/mol. The van der Waals surface area contributed by atoms with Crippen molar-refractivity contribution < 1.29 is 8.42 Å². The van der Waals surface area contributed by atoms with Gasteiger partial charge in [0.2, 0.25) is 10.0 Å². The van der Waals surface area contributed by atoms with Gasteiger partial charge in [0.1, 0.15) is 0 Å². The first-order chi connectivity index (χ1) is 18.4. The van der Waals surface area contributed by atoms with Crippen molar-refractivity contribution in [1.29, 1.82) is 0 Å². The summed E-state index contributed by atoms with van der Waals surface area (Å²) in [6.07, 6.45) is 8.74. The fraction of sp³-hybridized carbons (Fsp3) is 0.323. The van der Waals surface area contributed by atoms with E-state index in [1.54, 1.807) is 16.4 Å². The second kappa shape index (κ2) is 10.1. The predicted octanol–water partition coefficient (Wildman–Crippen LogP) is 5.49. The Hall–Kier alpha value is -3.26. The summed E-state index contributed by atoms with van der Waals surface area (Å²) in [5, 5.41) is 1.31. The second-order valence-electron chi connectivity index (χ2n) is 10.6. The third-order valence-electron chi connectivity index (χ3n) is 8.05. The lowest BCUT2D eigenvalue weighted by molar-refractivity contribution is 0.126. The van der Waals surface area contributed by atoms with Gasteiger partial charge in [-0.05, 0) is 74.7 Å². The molecule has 0 amide bonds. The van der Waals surface area contributed by atoms with E-state index in [9.17, 15) is 8.42 Å². The molecule has 7 heteroatoms. The number of aromatic nitrogens is 2. The van der Waals surface area contributed by atoms with Crippen molar-refractivity contribution in [3.05, 3.63) is 94.9 Å². The molecule has 0 saturated carbocycles. The van der Waals surface area contributed by atoms with Gasteiger partial charge >= 0.3 is 0 Å². The number of hydrogen-bond donors (Lipinski definition) is 0. The molecule has 4 aromatic rings. The van der Waals surface area contributed by atoms with E-state index in [4.69, 9.17) is 0 Å². The van der Waals surface area contributed by atoms with Crippen molar-refractivity contribution in [3.8, 4) is 0 Å². The highest BCUT2D eigenvalue weighted by Crippen LogP contribution is 2.34. The molecule has 0 atom stereocenters. The second-order valence-corrected chi connectivity index (χ2v) is 12.5. The Morgan fingerprint density at radius 3 is 2.42 bits per heavy atom. The summed E-state index contributed by atoms with van der Waals surface area (Å²) in [5.74, 6) is 0. The topological polar surface area (TPSA) is 58.4 Å². The average Bonchev–Trinajstić information content (AvgIpc) is 3.24. The molecule has 0 N–H and O–H groups in total. The lowest BCUT2D eigenvalue weighted by Gasteiger charge is -2.40. The van der Waals surface area contributed by atoms with Crippen LogP contribution in [0.1, 0.15) is 40.9 Å². The molecular formula is C31H34N4O2S. The number of piperidine rings is 1. The molecule has 0 bridgehead atoms. The molecule has 0 unspecified atom stereocenters. The largest absolute Gasteiger partial charge is 0.320 e. The van der Waals surface area contributed by atoms with E-state index in [1.807, 2.05) is 43.5 Å². The maximum atomic E-state index is 13.2. The van der Waals surface area contributed by atoms with E-state index in [2.05, 4.69) is 51.8 Å². The lowest BCUT2D eigenvalue weighted by atomic mass is 9.98. The van der Waals surface area contributed by atoms with Crippen LogP contribution < -0.4 is 0 Å². The first-order valence-electron chi connectivity index (χ1n) is 13.4. The number of aryl methyl sites for hydroxylation is 2. The van der Waals surface area contributed by atoms with Gasteiger partial charge in [-0.1, -0.05) is 35.4 Å². The van der Waals surface area contributed by atoms with Crippen LogP contribution in [-0.4, -0.2) is 52.9 Å². The Bertz CT molecular complexity index is 1580. The molecule has 1 fully saturated rings. The Labute approximate surface area is 225 Å². The molecular weight excluding hydrogens is 492 g/mol. The first kappa shape index (κ1) is 25.0. The molecule has 2 aromatic heterocycles. The van der Waals surface area contributed by atoms with Gasteiger partial charge in [0.05, 0.1) is 16.1 Å². The van der Waals surface area contributed by atoms with Gasteiger partial charge < -0.3 is 4.57 Å². The van der Waals surface area contributed by atoms with E-state index in [0.717, 1.165) is 43.6 Å². The molecule has 4 heterocycles. The highest BCUT2D eigenvalue weighted by molar-refractivity contribution is 7.89. The highest BCUT2D eigenvalue weighted by atomic mass is 32.2. The average molecular weight is 527 g/mol. The minimum atomic E-state index is -3.44. The number of fused-ring (bicyclic) bond motifs is 3. The SMILES string of the molecule is Cc1ccc(S(=O)(=O)N2CCC(N3CCc4c(c5cc(C)ccc5n4C=Cc4ccccn4)C3)CC2)cc1. The maximum absolute atomic E-state index is 13.2. The van der Waals surface area contributed by atoms with Gasteiger partial charge in [-0.2, -0.15) is 4.31 Å². The minimum absolute atomic E-state index is 0.389. The van der Waals surface area contributed by atoms with Crippen molar-refractivity contribution in [3.63, 3.8) is 0 Å². The number of benzene rings is 2. The summed E-state index contributed by atoms with van der Waals surface area (Å²) >= 11 is 0. The third kappa shape index (κ3) is 4.70. The van der Waals surface area contributed by atoms with Crippen LogP contribution in [0.15, 0.2) is 71.8 Å². The Kier molecular flexibility index (Phi) is 6.68. The molecule has 6 nitrogen and oxygen atoms in total. The standard InChI is InChI=1S/C31H34N4O2S/c1-23-6-9-27(10-7-23)38(36,37)34-18-13-26(14-19-34)33-17-15-31-29(22-33)28-21-24(2)8-11-30(28)35(31)20-12-25-5-3-4-16-32-25/h3-12,16,20-21,26H,13-15,17-19,22H2,1-2H3. The van der Waals surface area contributed by atoms with Crippen LogP contribution >= 0.6 is 0 Å². The van der Waals surface area contributed by atoms with Crippen molar-refractivity contribution in [2.45, 2.75) is 50.6 Å². The smallest absolute Gasteiger partial charge is 0.243 e. The van der Waals surface area contributed by atoms with E-state index < -0.39 is 10.0 Å². The van der Waals surface area contributed by atoms with Crippen LogP contribution in [0.25, 0.3) is 23.2 Å². The van der Waals surface area contributed by atoms with Crippen LogP contribution in [0.5, 0.6) is 0 Å². The van der Waals surface area contributed by atoms with Crippen molar-refractivity contribution in [2.24, 2.45) is 0 Å². The summed E-state index contributed by atoms with van der Waals surface area (Å²) in [4.78, 5) is 7.42. The number of rotatable bonds is 5. The third-order valence-corrected chi connectivity index (χ3v) is 9.97. The van der Waals surface area contributed by atoms with E-state index in [-0.39, 0.29) is 0 Å². The molecule has 196 valence electrons. The lowest BCUT2D eigenvalue weighted by Crippen LogP contribution is -2.48. The maximum Gasteiger partial charge on any atom is 0.243 e. The summed E-state index contributed by atoms with van der Waals surface area (Å²) in [6, 6.07) is 20.3. The van der Waals surface area contributed by atoms with E-state index >= 15 is 0 Å². The Morgan fingerprint density at radius 2 is 1.68 bits per heavy atom. The van der Waals surface area contributed by atoms with Gasteiger partial charge in [0.15, 0.2) is 0 Å². The van der Waals surface area contributed by atoms with Crippen LogP contribution in [0.2, 0.25) is 0 Å². The quantitative estimate of drug-likeness (QED) is 0.345. The normalized spacial score (nSPS) is 17.8. The number of sulfonamides is 1. The number of hydrogen-bond acceptors (Lipinski definition) is 4. The Morgan fingerprint density at radius 1 is 0.921 bits per heavy atom. The van der Waals surface area contributed by atoms with Crippen LogP contribution in [-0.2, 0) is 23.0 Å². The van der Waals surface area contributed by atoms with Gasteiger partial charge in [0.25, 0.3) is 0 Å². The van der Waals surface area contributed by atoms with Crippen molar-refractivity contribution in [1.82, 2.24) is 18.8 Å². The zero-order chi connectivity index (χ0) is 26.3. The summed E-state index contributed by atoms with van der Waals surface area (Å²) < 4.78 is 30.4. The van der Waals surface area contributed by atoms with E-state index in [1.165, 1.54) is 27.7 Å². The van der Waals surface area contributed by atoms with Gasteiger partial charge in [0, 0.05) is 62.1 Å². The molecule has 6 rings (SSSR count). The van der Waals surface area contributed by atoms with E-state index in [0.29, 0.717) is 24.0 Å². The molecule has 0 radical (unpaired) electrons. The van der Waals surface area contributed by atoms with Crippen LogP contribution in [0.4, 0.5) is 0 Å². The summed E-state index contributed by atoms with van der Waals surface area (Å²) in [7, 11) is -3.44. The summed E-state index contributed by atoms with van der Waals surface area (Å²) in [6.45, 7) is 7.14. The Balaban J connectivity index is 1.22. The number of nitrogens with zero attached hydrogens (tertiary/aromatic N) is 4. The molecule has 2 aliphatic heterocycles. The van der Waals surface area contributed by atoms with Crippen LogP contribution in [0, 0.1) is 13.8 Å². The molecule has 0 spiro atoms. The first-order valence-corrected chi connectivity index (χ1v) is 14.9. The minimum Gasteiger partial charge on any atom is -0.320 e. The fourth-order valence-electron chi connectivity index (χ4n) is 5.94. The van der Waals surface area contributed by atoms with Crippen molar-refractivity contribution in [2.75, 3.05) is 19.6 Å². The summed E-state index contributed by atoms with van der Waals surface area (Å²) in [5.41, 5.74) is 7.27. The molecule has 38 heavy (non-hydrogen) atoms. The molecule has 1 saturated heterocycles.